The lowest BCUT2D eigenvalue weighted by Gasteiger charge is -2.42. The first kappa shape index (κ1) is 14.3. The molecule has 1 heterocycles. The van der Waals surface area contributed by atoms with E-state index in [1.165, 1.54) is 0 Å². The van der Waals surface area contributed by atoms with Gasteiger partial charge in [-0.15, -0.1) is 0 Å². The molecule has 2 rings (SSSR count). The molecule has 2 fully saturated rings. The highest BCUT2D eigenvalue weighted by atomic mass is 16.5. The third kappa shape index (κ3) is 2.74. The summed E-state index contributed by atoms with van der Waals surface area (Å²) in [5.41, 5.74) is 5.70. The number of ether oxygens (including phenoxy) is 1. The van der Waals surface area contributed by atoms with Gasteiger partial charge in [0.15, 0.2) is 0 Å². The standard InChI is InChI=1S/C13H22N2O4/c1-15(10-7-19-6-9(10)12(17)18)11(16)5-13(8-14)3-2-4-13/h9-10H,2-8,14H2,1H3,(H,17,18). The van der Waals surface area contributed by atoms with Crippen LogP contribution in [0.1, 0.15) is 25.7 Å². The lowest BCUT2D eigenvalue weighted by molar-refractivity contribution is -0.145. The number of hydrogen-bond donors (Lipinski definition) is 2. The minimum atomic E-state index is -0.903. The van der Waals surface area contributed by atoms with Gasteiger partial charge in [0.2, 0.25) is 5.91 Å². The number of nitrogens with zero attached hydrogens (tertiary/aromatic N) is 1. The number of carbonyl (C=O) groups excluding carboxylic acids is 1. The van der Waals surface area contributed by atoms with Crippen LogP contribution in [0.4, 0.5) is 0 Å². The van der Waals surface area contributed by atoms with Crippen molar-refractivity contribution < 1.29 is 19.4 Å². The Labute approximate surface area is 112 Å². The van der Waals surface area contributed by atoms with Gasteiger partial charge in [-0.25, -0.2) is 0 Å². The topological polar surface area (TPSA) is 92.9 Å². The zero-order valence-electron chi connectivity index (χ0n) is 11.3. The van der Waals surface area contributed by atoms with E-state index >= 15 is 0 Å². The summed E-state index contributed by atoms with van der Waals surface area (Å²) >= 11 is 0. The van der Waals surface area contributed by atoms with Gasteiger partial charge in [-0.05, 0) is 24.8 Å². The molecule has 6 nitrogen and oxygen atoms in total. The molecule has 19 heavy (non-hydrogen) atoms. The van der Waals surface area contributed by atoms with Crippen LogP contribution in [0.15, 0.2) is 0 Å². The average molecular weight is 270 g/mol. The summed E-state index contributed by atoms with van der Waals surface area (Å²) in [6.07, 6.45) is 3.53. The van der Waals surface area contributed by atoms with Gasteiger partial charge in [-0.2, -0.15) is 0 Å². The number of hydrogen-bond acceptors (Lipinski definition) is 4. The highest BCUT2D eigenvalue weighted by Gasteiger charge is 2.42. The second-order valence-electron chi connectivity index (χ2n) is 5.79. The average Bonchev–Trinajstić information content (AvgIpc) is 2.81. The Morgan fingerprint density at radius 2 is 2.11 bits per heavy atom. The van der Waals surface area contributed by atoms with E-state index in [0.717, 1.165) is 19.3 Å². The van der Waals surface area contributed by atoms with Gasteiger partial charge in [-0.3, -0.25) is 9.59 Å². The van der Waals surface area contributed by atoms with Crippen LogP contribution in [0.5, 0.6) is 0 Å². The highest BCUT2D eigenvalue weighted by molar-refractivity contribution is 5.79. The molecule has 0 aromatic carbocycles. The maximum Gasteiger partial charge on any atom is 0.311 e. The molecule has 0 bridgehead atoms. The molecule has 2 atom stereocenters. The summed E-state index contributed by atoms with van der Waals surface area (Å²) in [6.45, 7) is 1.00. The maximum absolute atomic E-state index is 12.3. The zero-order chi connectivity index (χ0) is 14.0. The van der Waals surface area contributed by atoms with E-state index in [1.807, 2.05) is 0 Å². The molecule has 2 unspecified atom stereocenters. The number of carboxylic acid groups (broad SMARTS) is 1. The number of carboxylic acids is 1. The van der Waals surface area contributed by atoms with Crippen molar-refractivity contribution >= 4 is 11.9 Å². The fraction of sp³-hybridized carbons (Fsp3) is 0.846. The fourth-order valence-electron chi connectivity index (χ4n) is 2.92. The molecule has 6 heteroatoms. The van der Waals surface area contributed by atoms with E-state index < -0.39 is 11.9 Å². The van der Waals surface area contributed by atoms with Gasteiger partial charge < -0.3 is 20.5 Å². The molecule has 1 saturated heterocycles. The van der Waals surface area contributed by atoms with E-state index in [0.29, 0.717) is 19.6 Å². The van der Waals surface area contributed by atoms with Crippen molar-refractivity contribution in [3.05, 3.63) is 0 Å². The van der Waals surface area contributed by atoms with Crippen LogP contribution >= 0.6 is 0 Å². The van der Waals surface area contributed by atoms with Crippen molar-refractivity contribution in [1.29, 1.82) is 0 Å². The summed E-state index contributed by atoms with van der Waals surface area (Å²) < 4.78 is 5.20. The van der Waals surface area contributed by atoms with Crippen molar-refractivity contribution in [1.82, 2.24) is 4.90 Å². The van der Waals surface area contributed by atoms with E-state index in [4.69, 9.17) is 15.6 Å². The molecule has 0 aromatic rings. The number of likely N-dealkylation sites (N-methyl/N-ethyl adjacent to an activating group) is 1. The van der Waals surface area contributed by atoms with Crippen molar-refractivity contribution in [3.8, 4) is 0 Å². The zero-order valence-corrected chi connectivity index (χ0v) is 11.3. The van der Waals surface area contributed by atoms with Crippen molar-refractivity contribution in [2.45, 2.75) is 31.7 Å². The number of carbonyl (C=O) groups is 2. The molecular weight excluding hydrogens is 248 g/mol. The summed E-state index contributed by atoms with van der Waals surface area (Å²) in [4.78, 5) is 24.9. The Hall–Kier alpha value is -1.14. The maximum atomic E-state index is 12.3. The quantitative estimate of drug-likeness (QED) is 0.737. The van der Waals surface area contributed by atoms with Crippen LogP contribution in [0.3, 0.4) is 0 Å². The summed E-state index contributed by atoms with van der Waals surface area (Å²) in [7, 11) is 1.67. The van der Waals surface area contributed by atoms with Gasteiger partial charge in [0.1, 0.15) is 5.92 Å². The molecule has 0 radical (unpaired) electrons. The van der Waals surface area contributed by atoms with Gasteiger partial charge in [0, 0.05) is 13.5 Å². The normalized spacial score (nSPS) is 28.7. The molecule has 0 spiro atoms. The van der Waals surface area contributed by atoms with Gasteiger partial charge in [0.05, 0.1) is 19.3 Å². The van der Waals surface area contributed by atoms with Crippen molar-refractivity contribution in [2.24, 2.45) is 17.1 Å². The van der Waals surface area contributed by atoms with Crippen LogP contribution in [0, 0.1) is 11.3 Å². The predicted molar refractivity (Wildman–Crippen MR) is 68.5 cm³/mol. The second-order valence-corrected chi connectivity index (χ2v) is 5.79. The van der Waals surface area contributed by atoms with E-state index in [9.17, 15) is 9.59 Å². The Kier molecular flexibility index (Phi) is 4.10. The molecule has 108 valence electrons. The minimum Gasteiger partial charge on any atom is -0.481 e. The first-order valence-corrected chi connectivity index (χ1v) is 6.75. The van der Waals surface area contributed by atoms with Crippen LogP contribution < -0.4 is 5.73 Å². The SMILES string of the molecule is CN(C(=O)CC1(CN)CCC1)C1COCC1C(=O)O. The van der Waals surface area contributed by atoms with Gasteiger partial charge >= 0.3 is 5.97 Å². The van der Waals surface area contributed by atoms with Crippen molar-refractivity contribution in [2.75, 3.05) is 26.8 Å². The number of nitrogens with two attached hydrogens (primary N) is 1. The Morgan fingerprint density at radius 3 is 2.58 bits per heavy atom. The lowest BCUT2D eigenvalue weighted by Crippen LogP contribution is -2.48. The van der Waals surface area contributed by atoms with E-state index in [-0.39, 0.29) is 24.0 Å². The third-order valence-corrected chi connectivity index (χ3v) is 4.63. The largest absolute Gasteiger partial charge is 0.481 e. The lowest BCUT2D eigenvalue weighted by atomic mass is 9.66. The first-order chi connectivity index (χ1) is 8.99. The second kappa shape index (κ2) is 5.46. The molecule has 1 aliphatic heterocycles. The molecule has 2 aliphatic rings. The smallest absolute Gasteiger partial charge is 0.311 e. The van der Waals surface area contributed by atoms with Crippen LogP contribution in [-0.4, -0.2) is 54.7 Å². The third-order valence-electron chi connectivity index (χ3n) is 4.63. The number of amides is 1. The Morgan fingerprint density at radius 1 is 1.42 bits per heavy atom. The summed E-state index contributed by atoms with van der Waals surface area (Å²) in [6, 6.07) is -0.361. The molecule has 1 aliphatic carbocycles. The highest BCUT2D eigenvalue weighted by Crippen LogP contribution is 2.43. The molecular formula is C13H22N2O4. The Balaban J connectivity index is 1.97. The van der Waals surface area contributed by atoms with Gasteiger partial charge in [0.25, 0.3) is 0 Å². The Bertz CT molecular complexity index is 362. The summed E-state index contributed by atoms with van der Waals surface area (Å²) in [5, 5.41) is 9.11. The molecule has 1 saturated carbocycles. The molecule has 3 N–H and O–H groups in total. The van der Waals surface area contributed by atoms with Crippen molar-refractivity contribution in [3.63, 3.8) is 0 Å². The van der Waals surface area contributed by atoms with Crippen LogP contribution in [0.2, 0.25) is 0 Å². The number of aliphatic carboxylic acids is 1. The number of rotatable bonds is 5. The summed E-state index contributed by atoms with van der Waals surface area (Å²) in [5.74, 6) is -1.55. The van der Waals surface area contributed by atoms with E-state index in [1.54, 1.807) is 11.9 Å². The fourth-order valence-corrected chi connectivity index (χ4v) is 2.92. The minimum absolute atomic E-state index is 0.0214. The molecule has 0 aromatic heterocycles. The monoisotopic (exact) mass is 270 g/mol. The van der Waals surface area contributed by atoms with E-state index in [2.05, 4.69) is 0 Å². The van der Waals surface area contributed by atoms with Gasteiger partial charge in [-0.1, -0.05) is 6.42 Å². The first-order valence-electron chi connectivity index (χ1n) is 6.75. The molecule has 1 amide bonds. The van der Waals surface area contributed by atoms with Crippen LogP contribution in [0.25, 0.3) is 0 Å². The predicted octanol–water partition coefficient (Wildman–Crippen LogP) is 0.0635. The van der Waals surface area contributed by atoms with Crippen LogP contribution in [-0.2, 0) is 14.3 Å².